The second kappa shape index (κ2) is 10.5. The van der Waals surface area contributed by atoms with E-state index < -0.39 is 5.41 Å². The van der Waals surface area contributed by atoms with E-state index in [4.69, 9.17) is 5.10 Å². The summed E-state index contributed by atoms with van der Waals surface area (Å²) < 4.78 is 0. The van der Waals surface area contributed by atoms with Crippen LogP contribution in [0.4, 0.5) is 5.69 Å². The van der Waals surface area contributed by atoms with Crippen LogP contribution in [0.1, 0.15) is 38.9 Å². The number of allylic oxidation sites excluding steroid dienone is 2. The maximum Gasteiger partial charge on any atom is 0.268 e. The Balaban J connectivity index is 1.61. The van der Waals surface area contributed by atoms with Gasteiger partial charge in [0.2, 0.25) is 0 Å². The zero-order valence-corrected chi connectivity index (χ0v) is 24.6. The first-order valence-electron chi connectivity index (χ1n) is 14.7. The molecule has 2 aliphatic rings. The van der Waals surface area contributed by atoms with Crippen LogP contribution in [0.3, 0.4) is 0 Å². The van der Waals surface area contributed by atoms with Crippen molar-refractivity contribution in [2.45, 2.75) is 20.8 Å². The molecule has 3 nitrogen and oxygen atoms in total. The van der Waals surface area contributed by atoms with E-state index in [0.29, 0.717) is 0 Å². The number of hydrogen-bond donors (Lipinski definition) is 0. The second-order valence-corrected chi connectivity index (χ2v) is 11.5. The number of anilines is 1. The van der Waals surface area contributed by atoms with Crippen molar-refractivity contribution in [1.82, 2.24) is 0 Å². The summed E-state index contributed by atoms with van der Waals surface area (Å²) in [5.41, 5.74) is 10.7. The lowest BCUT2D eigenvalue weighted by Gasteiger charge is -2.32. The highest BCUT2D eigenvalue weighted by Crippen LogP contribution is 2.60. The maximum absolute atomic E-state index is 15.4. The summed E-state index contributed by atoms with van der Waals surface area (Å²) in [6.45, 7) is 6.27. The number of benzene rings is 5. The van der Waals surface area contributed by atoms with Crippen LogP contribution in [0, 0.1) is 26.2 Å². The van der Waals surface area contributed by atoms with E-state index >= 15 is 4.79 Å². The largest absolute Gasteiger partial charge is 0.271 e. The van der Waals surface area contributed by atoms with Gasteiger partial charge in [-0.25, -0.2) is 0 Å². The summed E-state index contributed by atoms with van der Waals surface area (Å²) in [5, 5.41) is 6.82. The number of rotatable bonds is 5. The minimum absolute atomic E-state index is 0.0814. The molecule has 0 saturated heterocycles. The Labute approximate surface area is 253 Å². The maximum atomic E-state index is 15.4. The molecule has 1 spiro atoms. The summed E-state index contributed by atoms with van der Waals surface area (Å²) in [6.07, 6.45) is 2.23. The van der Waals surface area contributed by atoms with Crippen molar-refractivity contribution < 1.29 is 4.79 Å². The molecule has 0 N–H and O–H groups in total. The molecule has 5 aromatic carbocycles. The number of nitrogens with zero attached hydrogens (tertiary/aromatic N) is 2. The third kappa shape index (κ3) is 4.36. The third-order valence-corrected chi connectivity index (χ3v) is 8.52. The topological polar surface area (TPSA) is 32.7 Å². The van der Waals surface area contributed by atoms with E-state index in [0.717, 1.165) is 55.9 Å². The molecule has 3 heteroatoms. The van der Waals surface area contributed by atoms with Gasteiger partial charge in [0.25, 0.3) is 5.91 Å². The Morgan fingerprint density at radius 1 is 0.535 bits per heavy atom. The predicted octanol–water partition coefficient (Wildman–Crippen LogP) is 9.06. The molecule has 1 atom stereocenters. The molecule has 1 amide bonds. The smallest absolute Gasteiger partial charge is 0.268 e. The molecule has 1 aliphatic carbocycles. The number of carbonyl (C=O) groups excluding carboxylic acids is 1. The predicted molar refractivity (Wildman–Crippen MR) is 178 cm³/mol. The van der Waals surface area contributed by atoms with Gasteiger partial charge in [-0.3, -0.25) is 4.79 Å². The van der Waals surface area contributed by atoms with Crippen LogP contribution < -0.4 is 5.01 Å². The van der Waals surface area contributed by atoms with Crippen LogP contribution in [-0.4, -0.2) is 11.6 Å². The van der Waals surface area contributed by atoms with Gasteiger partial charge in [-0.1, -0.05) is 138 Å². The van der Waals surface area contributed by atoms with E-state index in [9.17, 15) is 0 Å². The van der Waals surface area contributed by atoms with Gasteiger partial charge >= 0.3 is 0 Å². The second-order valence-electron chi connectivity index (χ2n) is 11.5. The number of hydrazone groups is 1. The molecule has 208 valence electrons. The third-order valence-electron chi connectivity index (χ3n) is 8.52. The molecule has 43 heavy (non-hydrogen) atoms. The number of aryl methyl sites for hydroxylation is 3. The zero-order chi connectivity index (χ0) is 29.6. The first-order chi connectivity index (χ1) is 21.0. The molecule has 0 unspecified atom stereocenters. The van der Waals surface area contributed by atoms with Crippen molar-refractivity contribution in [3.05, 3.63) is 178 Å². The molecule has 0 aromatic heterocycles. The highest BCUT2D eigenvalue weighted by molar-refractivity contribution is 6.42. The van der Waals surface area contributed by atoms with Gasteiger partial charge in [0.15, 0.2) is 0 Å². The van der Waals surface area contributed by atoms with E-state index in [1.165, 1.54) is 11.1 Å². The Morgan fingerprint density at radius 3 is 1.58 bits per heavy atom. The van der Waals surface area contributed by atoms with Crippen LogP contribution in [0.2, 0.25) is 0 Å². The molecular weight excluding hydrogens is 524 g/mol. The van der Waals surface area contributed by atoms with Crippen molar-refractivity contribution in [3.8, 4) is 0 Å². The number of amides is 1. The summed E-state index contributed by atoms with van der Waals surface area (Å²) in [5.74, 6) is -0.0814. The van der Waals surface area contributed by atoms with Crippen LogP contribution in [0.5, 0.6) is 0 Å². The van der Waals surface area contributed by atoms with E-state index in [-0.39, 0.29) is 5.91 Å². The van der Waals surface area contributed by atoms with Crippen LogP contribution in [-0.2, 0) is 4.79 Å². The molecule has 5 aromatic rings. The minimum Gasteiger partial charge on any atom is -0.271 e. The van der Waals surface area contributed by atoms with Crippen molar-refractivity contribution in [2.24, 2.45) is 10.5 Å². The lowest BCUT2D eigenvalue weighted by atomic mass is 9.66. The fraction of sp³-hybridized carbons (Fsp3) is 0.100. The standard InChI is InChI=1S/C40H32N2O/c1-27-14-20-30(21-15-27)35-26-36(31-10-6-4-7-11-31)40(37(35)32-22-16-28(2)17-23-32)38(33-24-18-29(3)19-25-33)41-42(39(40)43)34-12-8-5-9-13-34/h4-26H,1-3H3/t40-/m1/s1. The van der Waals surface area contributed by atoms with Gasteiger partial charge in [0.1, 0.15) is 5.41 Å². The fourth-order valence-electron chi connectivity index (χ4n) is 6.31. The van der Waals surface area contributed by atoms with E-state index in [1.54, 1.807) is 5.01 Å². The van der Waals surface area contributed by atoms with Crippen molar-refractivity contribution >= 4 is 34.0 Å². The van der Waals surface area contributed by atoms with Gasteiger partial charge in [0, 0.05) is 0 Å². The van der Waals surface area contributed by atoms with Gasteiger partial charge < -0.3 is 0 Å². The Bertz CT molecular complexity index is 1910. The molecule has 0 saturated carbocycles. The van der Waals surface area contributed by atoms with Crippen molar-refractivity contribution in [1.29, 1.82) is 0 Å². The zero-order valence-electron chi connectivity index (χ0n) is 24.6. The molecule has 7 rings (SSSR count). The molecular formula is C40H32N2O. The van der Waals surface area contributed by atoms with Gasteiger partial charge in [-0.15, -0.1) is 0 Å². The average Bonchev–Trinajstić information content (AvgIpc) is 3.55. The normalized spacial score (nSPS) is 17.9. The number of carbonyl (C=O) groups is 1. The van der Waals surface area contributed by atoms with Crippen LogP contribution in [0.25, 0.3) is 16.7 Å². The molecule has 1 heterocycles. The van der Waals surface area contributed by atoms with Gasteiger partial charge in [-0.05, 0) is 78.0 Å². The molecule has 1 aliphatic heterocycles. The van der Waals surface area contributed by atoms with Crippen LogP contribution in [0.15, 0.2) is 145 Å². The van der Waals surface area contributed by atoms with E-state index in [1.807, 2.05) is 48.5 Å². The number of hydrogen-bond acceptors (Lipinski definition) is 2. The lowest BCUT2D eigenvalue weighted by Crippen LogP contribution is -2.41. The van der Waals surface area contributed by atoms with Gasteiger partial charge in [0.05, 0.1) is 11.4 Å². The van der Waals surface area contributed by atoms with Crippen molar-refractivity contribution in [3.63, 3.8) is 0 Å². The quantitative estimate of drug-likeness (QED) is 0.213. The highest BCUT2D eigenvalue weighted by Gasteiger charge is 2.60. The average molecular weight is 557 g/mol. The first kappa shape index (κ1) is 26.6. The minimum atomic E-state index is -1.18. The molecule has 0 bridgehead atoms. The highest BCUT2D eigenvalue weighted by atomic mass is 16.2. The Hall–Kier alpha value is -5.28. The molecule has 0 fully saturated rings. The van der Waals surface area contributed by atoms with Gasteiger partial charge in [-0.2, -0.15) is 10.1 Å². The summed E-state index contributed by atoms with van der Waals surface area (Å²) in [4.78, 5) is 15.4. The summed E-state index contributed by atoms with van der Waals surface area (Å²) in [7, 11) is 0. The Morgan fingerprint density at radius 2 is 1.02 bits per heavy atom. The number of para-hydroxylation sites is 1. The van der Waals surface area contributed by atoms with Crippen LogP contribution >= 0.6 is 0 Å². The Kier molecular flexibility index (Phi) is 6.51. The lowest BCUT2D eigenvalue weighted by molar-refractivity contribution is -0.120. The van der Waals surface area contributed by atoms with E-state index in [2.05, 4.69) is 112 Å². The molecule has 0 radical (unpaired) electrons. The fourth-order valence-corrected chi connectivity index (χ4v) is 6.31. The summed E-state index contributed by atoms with van der Waals surface area (Å²) in [6, 6.07) is 45.6. The first-order valence-corrected chi connectivity index (χ1v) is 14.7. The SMILES string of the molecule is Cc1ccc(C2=NN(c3ccccc3)C(=O)[C@@]23C(c2ccccc2)=CC(c2ccc(C)cc2)=C3c2ccc(C)cc2)cc1. The summed E-state index contributed by atoms with van der Waals surface area (Å²) >= 11 is 0. The monoisotopic (exact) mass is 556 g/mol. The van der Waals surface area contributed by atoms with Crippen molar-refractivity contribution in [2.75, 3.05) is 5.01 Å².